The molecular formula is C28H34ClN5O3. The Morgan fingerprint density at radius 2 is 1.76 bits per heavy atom. The standard InChI is InChI=1S/C28H34ClN5O3/c1-18(2)34-24(14-16-30-34)27(35)32-26(21-8-6-4-5-7-9-21)28(36)31-22-12-10-20(11-13-22)25-19(3)33(37)17-15-23(25)29/h10-18,21,26H,4-9H2,1-3H3,(H,31,36)(H,32,35)/t26-/m0/s1. The van der Waals surface area contributed by atoms with Crippen molar-refractivity contribution < 1.29 is 14.3 Å². The molecule has 1 atom stereocenters. The summed E-state index contributed by atoms with van der Waals surface area (Å²) in [5, 5.41) is 22.8. The van der Waals surface area contributed by atoms with Crippen molar-refractivity contribution in [1.82, 2.24) is 15.1 Å². The molecule has 0 bridgehead atoms. The molecule has 1 aromatic carbocycles. The van der Waals surface area contributed by atoms with Crippen LogP contribution in [-0.2, 0) is 4.79 Å². The van der Waals surface area contributed by atoms with Crippen molar-refractivity contribution in [2.24, 2.45) is 5.92 Å². The van der Waals surface area contributed by atoms with Crippen LogP contribution in [0.3, 0.4) is 0 Å². The number of benzene rings is 1. The van der Waals surface area contributed by atoms with E-state index < -0.39 is 6.04 Å². The van der Waals surface area contributed by atoms with E-state index >= 15 is 0 Å². The van der Waals surface area contributed by atoms with Crippen molar-refractivity contribution in [1.29, 1.82) is 0 Å². The number of hydrogen-bond donors (Lipinski definition) is 2. The van der Waals surface area contributed by atoms with Crippen LogP contribution in [0.4, 0.5) is 5.69 Å². The molecule has 3 aromatic rings. The maximum Gasteiger partial charge on any atom is 0.270 e. The lowest BCUT2D eigenvalue weighted by Crippen LogP contribution is -2.49. The number of rotatable bonds is 7. The largest absolute Gasteiger partial charge is 0.618 e. The van der Waals surface area contributed by atoms with Crippen molar-refractivity contribution in [2.75, 3.05) is 5.32 Å². The molecule has 4 rings (SSSR count). The van der Waals surface area contributed by atoms with Gasteiger partial charge in [0.1, 0.15) is 11.7 Å². The lowest BCUT2D eigenvalue weighted by molar-refractivity contribution is -0.611. The molecule has 0 spiro atoms. The quantitative estimate of drug-likeness (QED) is 0.245. The van der Waals surface area contributed by atoms with Crippen LogP contribution in [-0.4, -0.2) is 27.6 Å². The number of carbonyl (C=O) groups excluding carboxylic acids is 2. The Balaban J connectivity index is 1.55. The summed E-state index contributed by atoms with van der Waals surface area (Å²) in [6, 6.07) is 9.82. The SMILES string of the molecule is Cc1c(-c2ccc(NC(=O)[C@@H](NC(=O)c3ccnn3C(C)C)C3CCCCCC3)cc2)c(Cl)cc[n+]1[O-]. The molecule has 0 unspecified atom stereocenters. The van der Waals surface area contributed by atoms with Gasteiger partial charge >= 0.3 is 0 Å². The lowest BCUT2D eigenvalue weighted by Gasteiger charge is -2.26. The van der Waals surface area contributed by atoms with Gasteiger partial charge in [-0.25, -0.2) is 0 Å². The van der Waals surface area contributed by atoms with Gasteiger partial charge < -0.3 is 15.8 Å². The monoisotopic (exact) mass is 523 g/mol. The summed E-state index contributed by atoms with van der Waals surface area (Å²) in [5.74, 6) is -0.486. The number of pyridine rings is 1. The minimum absolute atomic E-state index is 0.0253. The Kier molecular flexibility index (Phi) is 8.48. The Hall–Kier alpha value is -3.39. The summed E-state index contributed by atoms with van der Waals surface area (Å²) in [5.41, 5.74) is 2.98. The maximum atomic E-state index is 13.5. The van der Waals surface area contributed by atoms with Crippen molar-refractivity contribution in [3.05, 3.63) is 70.4 Å². The fraction of sp³-hybridized carbons (Fsp3) is 0.429. The fourth-order valence-electron chi connectivity index (χ4n) is 5.06. The van der Waals surface area contributed by atoms with Gasteiger partial charge in [-0.3, -0.25) is 14.3 Å². The second kappa shape index (κ2) is 11.8. The molecule has 0 aliphatic heterocycles. The van der Waals surface area contributed by atoms with Crippen molar-refractivity contribution in [3.63, 3.8) is 0 Å². The molecule has 9 heteroatoms. The molecule has 8 nitrogen and oxygen atoms in total. The van der Waals surface area contributed by atoms with E-state index in [0.717, 1.165) is 48.8 Å². The Labute approximate surface area is 222 Å². The number of anilines is 1. The predicted octanol–water partition coefficient (Wildman–Crippen LogP) is 5.43. The van der Waals surface area contributed by atoms with Crippen LogP contribution in [0.5, 0.6) is 0 Å². The number of carbonyl (C=O) groups is 2. The molecule has 1 saturated carbocycles. The maximum absolute atomic E-state index is 13.5. The van der Waals surface area contributed by atoms with Crippen LogP contribution in [0, 0.1) is 18.0 Å². The average Bonchev–Trinajstić information content (AvgIpc) is 3.23. The van der Waals surface area contributed by atoms with Crippen molar-refractivity contribution >= 4 is 29.1 Å². The number of halogens is 1. The van der Waals surface area contributed by atoms with Gasteiger partial charge in [-0.1, -0.05) is 49.4 Å². The zero-order valence-electron chi connectivity index (χ0n) is 21.5. The van der Waals surface area contributed by atoms with Crippen LogP contribution in [0.25, 0.3) is 11.1 Å². The first-order valence-electron chi connectivity index (χ1n) is 12.9. The molecule has 2 amide bonds. The molecule has 2 aromatic heterocycles. The fourth-order valence-corrected chi connectivity index (χ4v) is 5.36. The first-order chi connectivity index (χ1) is 17.8. The lowest BCUT2D eigenvalue weighted by atomic mass is 9.91. The van der Waals surface area contributed by atoms with E-state index in [1.54, 1.807) is 42.1 Å². The van der Waals surface area contributed by atoms with E-state index in [4.69, 9.17) is 11.6 Å². The number of amides is 2. The third-order valence-electron chi connectivity index (χ3n) is 7.06. The number of hydrogen-bond acceptors (Lipinski definition) is 4. The second-order valence-electron chi connectivity index (χ2n) is 9.97. The van der Waals surface area contributed by atoms with E-state index in [0.29, 0.717) is 27.7 Å². The van der Waals surface area contributed by atoms with Crippen LogP contribution in [0.2, 0.25) is 5.02 Å². The summed E-state index contributed by atoms with van der Waals surface area (Å²) >= 11 is 6.35. The topological polar surface area (TPSA) is 103 Å². The van der Waals surface area contributed by atoms with Gasteiger partial charge in [0.25, 0.3) is 5.91 Å². The average molecular weight is 524 g/mol. The highest BCUT2D eigenvalue weighted by molar-refractivity contribution is 6.33. The molecular weight excluding hydrogens is 490 g/mol. The van der Waals surface area contributed by atoms with Gasteiger partial charge in [-0.05, 0) is 56.4 Å². The highest BCUT2D eigenvalue weighted by Gasteiger charge is 2.31. The van der Waals surface area contributed by atoms with E-state index in [9.17, 15) is 14.8 Å². The third-order valence-corrected chi connectivity index (χ3v) is 7.38. The molecule has 196 valence electrons. The molecule has 0 radical (unpaired) electrons. The van der Waals surface area contributed by atoms with Crippen LogP contribution < -0.4 is 15.4 Å². The Morgan fingerprint density at radius 3 is 2.41 bits per heavy atom. The minimum Gasteiger partial charge on any atom is -0.618 e. The smallest absolute Gasteiger partial charge is 0.270 e. The summed E-state index contributed by atoms with van der Waals surface area (Å²) < 4.78 is 2.45. The third kappa shape index (κ3) is 6.13. The highest BCUT2D eigenvalue weighted by atomic mass is 35.5. The van der Waals surface area contributed by atoms with E-state index in [1.807, 2.05) is 26.0 Å². The first kappa shape index (κ1) is 26.7. The molecule has 0 saturated heterocycles. The molecule has 1 fully saturated rings. The van der Waals surface area contributed by atoms with Crippen LogP contribution in [0.15, 0.2) is 48.8 Å². The van der Waals surface area contributed by atoms with Crippen molar-refractivity contribution in [2.45, 2.75) is 71.4 Å². The summed E-state index contributed by atoms with van der Waals surface area (Å²) in [6.45, 7) is 5.64. The first-order valence-corrected chi connectivity index (χ1v) is 13.3. The zero-order valence-corrected chi connectivity index (χ0v) is 22.3. The van der Waals surface area contributed by atoms with Crippen LogP contribution in [0.1, 0.15) is 74.6 Å². The van der Waals surface area contributed by atoms with Gasteiger partial charge in [0.15, 0.2) is 11.9 Å². The molecule has 1 aliphatic carbocycles. The normalized spacial score (nSPS) is 15.3. The van der Waals surface area contributed by atoms with E-state index in [2.05, 4.69) is 15.7 Å². The number of aromatic nitrogens is 3. The van der Waals surface area contributed by atoms with Gasteiger partial charge in [0, 0.05) is 30.9 Å². The number of nitrogens with one attached hydrogen (secondary N) is 2. The second-order valence-corrected chi connectivity index (χ2v) is 10.4. The van der Waals surface area contributed by atoms with E-state index in [-0.39, 0.29) is 23.8 Å². The Morgan fingerprint density at radius 1 is 1.08 bits per heavy atom. The zero-order chi connectivity index (χ0) is 26.5. The van der Waals surface area contributed by atoms with Gasteiger partial charge in [-0.15, -0.1) is 0 Å². The summed E-state index contributed by atoms with van der Waals surface area (Å²) in [6.07, 6.45) is 9.14. The molecule has 37 heavy (non-hydrogen) atoms. The van der Waals surface area contributed by atoms with Crippen molar-refractivity contribution in [3.8, 4) is 11.1 Å². The summed E-state index contributed by atoms with van der Waals surface area (Å²) in [7, 11) is 0. The van der Waals surface area contributed by atoms with Crippen LogP contribution >= 0.6 is 11.6 Å². The minimum atomic E-state index is -0.661. The van der Waals surface area contributed by atoms with Gasteiger partial charge in [0.2, 0.25) is 5.91 Å². The van der Waals surface area contributed by atoms with Gasteiger partial charge in [0.05, 0.1) is 10.6 Å². The summed E-state index contributed by atoms with van der Waals surface area (Å²) in [4.78, 5) is 26.8. The highest BCUT2D eigenvalue weighted by Crippen LogP contribution is 2.31. The molecule has 1 aliphatic rings. The predicted molar refractivity (Wildman–Crippen MR) is 144 cm³/mol. The molecule has 2 heterocycles. The Bertz CT molecular complexity index is 1250. The molecule has 2 N–H and O–H groups in total. The van der Waals surface area contributed by atoms with Gasteiger partial charge in [-0.2, -0.15) is 9.83 Å². The van der Waals surface area contributed by atoms with E-state index in [1.165, 1.54) is 6.20 Å². The number of nitrogens with zero attached hydrogens (tertiary/aromatic N) is 3.